The molecule has 0 aromatic heterocycles. The topological polar surface area (TPSA) is 0 Å². The van der Waals surface area contributed by atoms with Crippen LogP contribution < -0.4 is 24.8 Å². The van der Waals surface area contributed by atoms with Gasteiger partial charge in [-0.25, -0.2) is 0 Å². The van der Waals surface area contributed by atoms with Crippen molar-refractivity contribution in [3.8, 4) is 0 Å². The summed E-state index contributed by atoms with van der Waals surface area (Å²) < 4.78 is 3.79. The first kappa shape index (κ1) is 27.4. The van der Waals surface area contributed by atoms with Crippen LogP contribution in [0.15, 0.2) is 59.7 Å². The fourth-order valence-corrected chi connectivity index (χ4v) is 31.6. The zero-order chi connectivity index (χ0) is 22.7. The molecule has 0 amide bonds. The smallest absolute Gasteiger partial charge is 1.00 e. The van der Waals surface area contributed by atoms with Crippen LogP contribution in [0.3, 0.4) is 0 Å². The number of allylic oxidation sites excluding steroid dienone is 2. The van der Waals surface area contributed by atoms with E-state index in [9.17, 15) is 0 Å². The molecule has 0 nitrogen and oxygen atoms in total. The van der Waals surface area contributed by atoms with Gasteiger partial charge in [0.05, 0.1) is 0 Å². The van der Waals surface area contributed by atoms with Gasteiger partial charge in [-0.2, -0.15) is 0 Å². The minimum atomic E-state index is -2.73. The van der Waals surface area contributed by atoms with E-state index in [0.29, 0.717) is 0 Å². The Bertz CT molecular complexity index is 1040. The first-order valence-electron chi connectivity index (χ1n) is 13.6. The van der Waals surface area contributed by atoms with Crippen LogP contribution in [0.2, 0.25) is 7.25 Å². The van der Waals surface area contributed by atoms with E-state index in [0.717, 1.165) is 26.3 Å². The summed E-state index contributed by atoms with van der Waals surface area (Å²) in [4.78, 5) is 0. The molecule has 0 spiro atoms. The SMILES string of the molecule is CC(C)CC1=Cc2ccccc2[CH]1[Zr+2]1([CH]2C(CC(C)C)=Cc3ccccc32)[CH]2CCCC[CH]21.[Cl-].[Cl-]. The molecule has 4 unspecified atom stereocenters. The molecule has 0 N–H and O–H groups in total. The Hall–Kier alpha value is -0.617. The molecule has 3 aliphatic carbocycles. The van der Waals surface area contributed by atoms with E-state index in [1.165, 1.54) is 38.5 Å². The van der Waals surface area contributed by atoms with Crippen LogP contribution in [0.5, 0.6) is 0 Å². The van der Waals surface area contributed by atoms with Crippen molar-refractivity contribution in [1.29, 1.82) is 0 Å². The molecule has 4 aliphatic rings. The predicted octanol–water partition coefficient (Wildman–Crippen LogP) is 3.68. The Morgan fingerprint density at radius 2 is 1.06 bits per heavy atom. The van der Waals surface area contributed by atoms with E-state index in [1.807, 2.05) is 11.1 Å². The second kappa shape index (κ2) is 10.6. The van der Waals surface area contributed by atoms with Crippen molar-refractivity contribution in [2.45, 2.75) is 80.7 Å². The number of hydrogen-bond donors (Lipinski definition) is 0. The molecule has 1 aliphatic heterocycles. The van der Waals surface area contributed by atoms with Gasteiger partial charge in [0, 0.05) is 0 Å². The van der Waals surface area contributed by atoms with Gasteiger partial charge < -0.3 is 24.8 Å². The average molecular weight is 587 g/mol. The second-order valence-electron chi connectivity index (χ2n) is 12.3. The Balaban J connectivity index is 0.00000144. The number of fused-ring (bicyclic) bond motifs is 3. The van der Waals surface area contributed by atoms with Crippen LogP contribution in [0.25, 0.3) is 12.2 Å². The molecule has 2 aromatic rings. The molecule has 2 aromatic carbocycles. The third-order valence-electron chi connectivity index (χ3n) is 9.27. The van der Waals surface area contributed by atoms with Crippen LogP contribution in [-0.4, -0.2) is 0 Å². The standard InChI is InChI=1S/2C13H15.C6H10.2ClH.Zr/c2*1-10(2)7-11-8-12-5-3-4-6-13(12)9-11;1-2-4-6-5-3-1;;;/h2*3-6,8-10H,7H2,1-2H3;1-2H,3-6H2;2*1H;/q;;;;;+2/p-2. The fraction of sp³-hybridized carbons (Fsp3) is 0.500. The first-order chi connectivity index (χ1) is 16.0. The van der Waals surface area contributed by atoms with Crippen molar-refractivity contribution in [1.82, 2.24) is 0 Å². The summed E-state index contributed by atoms with van der Waals surface area (Å²) in [5.41, 5.74) is 10.2. The van der Waals surface area contributed by atoms with E-state index < -0.39 is 20.3 Å². The van der Waals surface area contributed by atoms with E-state index in [4.69, 9.17) is 0 Å². The van der Waals surface area contributed by atoms with Crippen LogP contribution >= 0.6 is 0 Å². The molecule has 4 atom stereocenters. The number of benzene rings is 2. The van der Waals surface area contributed by atoms with Gasteiger partial charge in [-0.05, 0) is 0 Å². The first-order valence-corrected chi connectivity index (χ1v) is 19.3. The van der Waals surface area contributed by atoms with Gasteiger partial charge in [-0.3, -0.25) is 0 Å². The summed E-state index contributed by atoms with van der Waals surface area (Å²) in [6, 6.07) is 19.1. The predicted molar refractivity (Wildman–Crippen MR) is 139 cm³/mol. The van der Waals surface area contributed by atoms with Gasteiger partial charge in [-0.15, -0.1) is 0 Å². The summed E-state index contributed by atoms with van der Waals surface area (Å²) in [5, 5.41) is 0. The number of rotatable bonds is 6. The van der Waals surface area contributed by atoms with E-state index in [2.05, 4.69) is 88.4 Å². The molecule has 3 heteroatoms. The quantitative estimate of drug-likeness (QED) is 0.485. The summed E-state index contributed by atoms with van der Waals surface area (Å²) in [6.45, 7) is 9.71. The van der Waals surface area contributed by atoms with E-state index in [-0.39, 0.29) is 24.8 Å². The molecule has 6 rings (SSSR count). The molecule has 186 valence electrons. The number of hydrogen-bond acceptors (Lipinski definition) is 0. The molecule has 0 bridgehead atoms. The summed E-state index contributed by atoms with van der Waals surface area (Å²) in [5.74, 6) is 1.47. The van der Waals surface area contributed by atoms with Crippen molar-refractivity contribution >= 4 is 12.2 Å². The van der Waals surface area contributed by atoms with Gasteiger partial charge in [0.1, 0.15) is 0 Å². The van der Waals surface area contributed by atoms with Crippen molar-refractivity contribution in [3.63, 3.8) is 0 Å². The van der Waals surface area contributed by atoms with Crippen LogP contribution in [0.4, 0.5) is 0 Å². The Kier molecular flexibility index (Phi) is 8.33. The Labute approximate surface area is 230 Å². The summed E-state index contributed by atoms with van der Waals surface area (Å²) >= 11 is -2.73. The minimum absolute atomic E-state index is 0. The number of halogens is 2. The largest absolute Gasteiger partial charge is 1.00 e. The maximum atomic E-state index is 2.65. The average Bonchev–Trinajstić information content (AvgIpc) is 3.08. The molecule has 2 fully saturated rings. The Morgan fingerprint density at radius 1 is 0.657 bits per heavy atom. The molecule has 1 saturated heterocycles. The fourth-order valence-electron chi connectivity index (χ4n) is 8.49. The Morgan fingerprint density at radius 3 is 1.46 bits per heavy atom. The van der Waals surface area contributed by atoms with Gasteiger partial charge in [0.15, 0.2) is 0 Å². The maximum Gasteiger partial charge on any atom is -1.00 e. The van der Waals surface area contributed by atoms with Gasteiger partial charge in [0.2, 0.25) is 0 Å². The van der Waals surface area contributed by atoms with Gasteiger partial charge in [0.25, 0.3) is 0 Å². The minimum Gasteiger partial charge on any atom is -1.00 e. The zero-order valence-corrected chi connectivity index (χ0v) is 25.7. The monoisotopic (exact) mass is 584 g/mol. The third kappa shape index (κ3) is 4.41. The zero-order valence-electron chi connectivity index (χ0n) is 21.7. The van der Waals surface area contributed by atoms with Crippen molar-refractivity contribution in [2.24, 2.45) is 11.8 Å². The molecule has 1 heterocycles. The summed E-state index contributed by atoms with van der Waals surface area (Å²) in [7, 11) is 0. The molecular formula is C32H40Cl2Zr. The van der Waals surface area contributed by atoms with E-state index >= 15 is 0 Å². The van der Waals surface area contributed by atoms with Crippen LogP contribution in [-0.2, 0) is 20.3 Å². The molecule has 1 saturated carbocycles. The van der Waals surface area contributed by atoms with Crippen molar-refractivity contribution in [2.75, 3.05) is 0 Å². The molecule has 0 radical (unpaired) electrons. The van der Waals surface area contributed by atoms with Gasteiger partial charge >= 0.3 is 207 Å². The normalized spacial score (nSPS) is 28.2. The molecule has 35 heavy (non-hydrogen) atoms. The van der Waals surface area contributed by atoms with Crippen molar-refractivity contribution in [3.05, 3.63) is 81.9 Å². The van der Waals surface area contributed by atoms with Gasteiger partial charge in [-0.1, -0.05) is 0 Å². The third-order valence-corrected chi connectivity index (χ3v) is 26.3. The van der Waals surface area contributed by atoms with Crippen molar-refractivity contribution < 1.29 is 45.1 Å². The molecular weight excluding hydrogens is 546 g/mol. The van der Waals surface area contributed by atoms with E-state index in [1.54, 1.807) is 22.3 Å². The van der Waals surface area contributed by atoms with Crippen LogP contribution in [0, 0.1) is 11.8 Å². The van der Waals surface area contributed by atoms with Crippen LogP contribution in [0.1, 0.15) is 95.7 Å². The maximum absolute atomic E-state index is 2.73. The second-order valence-corrected chi connectivity index (χ2v) is 23.7. The summed E-state index contributed by atoms with van der Waals surface area (Å²) in [6.07, 6.45) is 13.9.